The number of nitrogen functional groups attached to an aromatic ring is 1. The van der Waals surface area contributed by atoms with Gasteiger partial charge >= 0.3 is 0 Å². The van der Waals surface area contributed by atoms with E-state index in [1.807, 2.05) is 0 Å². The number of anilines is 2. The molecule has 0 aliphatic rings. The number of ether oxygens (including phenoxy) is 1. The lowest BCUT2D eigenvalue weighted by molar-refractivity contribution is 0.387. The second-order valence-electron chi connectivity index (χ2n) is 6.00. The minimum Gasteiger partial charge on any atom is -0.480 e. The first-order valence-electron chi connectivity index (χ1n) is 8.32. The Hall–Kier alpha value is -3.04. The second-order valence-corrected chi connectivity index (χ2v) is 7.29. The highest BCUT2D eigenvalue weighted by molar-refractivity contribution is 8.00. The van der Waals surface area contributed by atoms with Gasteiger partial charge in [0.05, 0.1) is 39.3 Å². The fourth-order valence-corrected chi connectivity index (χ4v) is 3.83. The van der Waals surface area contributed by atoms with Gasteiger partial charge < -0.3 is 20.2 Å². The average Bonchev–Trinajstić information content (AvgIpc) is 3.07. The lowest BCUT2D eigenvalue weighted by atomic mass is 10.0. The van der Waals surface area contributed by atoms with Crippen LogP contribution in [0.25, 0.3) is 22.2 Å². The molecule has 0 saturated carbocycles. The van der Waals surface area contributed by atoms with Crippen molar-refractivity contribution in [1.29, 1.82) is 0 Å². The number of methoxy groups -OCH3 is 1. The van der Waals surface area contributed by atoms with Gasteiger partial charge in [0.2, 0.25) is 5.88 Å². The highest BCUT2D eigenvalue weighted by atomic mass is 35.5. The Morgan fingerprint density at radius 1 is 1.21 bits per heavy atom. The Bertz CT molecular complexity index is 1220. The number of rotatable bonds is 5. The smallest absolute Gasteiger partial charge is 0.228 e. The number of hydrogen-bond acceptors (Lipinski definition) is 6. The lowest BCUT2D eigenvalue weighted by Gasteiger charge is -2.12. The number of pyridine rings is 1. The Balaban J connectivity index is 1.69. The van der Waals surface area contributed by atoms with E-state index in [1.54, 1.807) is 24.3 Å². The number of halogens is 3. The summed E-state index contributed by atoms with van der Waals surface area (Å²) in [5.41, 5.74) is 7.12. The number of aromatic amines is 1. The maximum absolute atomic E-state index is 15.1. The summed E-state index contributed by atoms with van der Waals surface area (Å²) >= 11 is 7.01. The van der Waals surface area contributed by atoms with Gasteiger partial charge in [-0.25, -0.2) is 18.7 Å². The van der Waals surface area contributed by atoms with Crippen molar-refractivity contribution < 1.29 is 13.5 Å². The SMILES string of the molecule is COc1ncc(Cl)cc1SNc1ccc(F)c(-c2ccc3nc(N)[nH]c3c2)c1F. The Morgan fingerprint density at radius 2 is 2.03 bits per heavy atom. The first-order valence-corrected chi connectivity index (χ1v) is 9.51. The van der Waals surface area contributed by atoms with E-state index in [0.717, 1.165) is 11.9 Å². The number of benzene rings is 2. The van der Waals surface area contributed by atoms with E-state index in [-0.39, 0.29) is 17.2 Å². The number of nitrogens with two attached hydrogens (primary N) is 1. The molecule has 6 nitrogen and oxygen atoms in total. The number of nitrogens with one attached hydrogen (secondary N) is 2. The van der Waals surface area contributed by atoms with E-state index in [4.69, 9.17) is 22.1 Å². The zero-order chi connectivity index (χ0) is 20.5. The molecular formula is C19H14ClF2N5OS. The summed E-state index contributed by atoms with van der Waals surface area (Å²) in [5, 5.41) is 0.405. The number of H-pyrrole nitrogens is 1. The highest BCUT2D eigenvalue weighted by Crippen LogP contribution is 2.36. The molecule has 0 aliphatic carbocycles. The molecule has 2 heterocycles. The summed E-state index contributed by atoms with van der Waals surface area (Å²) in [6.45, 7) is 0. The zero-order valence-corrected chi connectivity index (χ0v) is 16.5. The van der Waals surface area contributed by atoms with Crippen LogP contribution >= 0.6 is 23.5 Å². The standard InChI is InChI=1S/C19H14ClF2N5OS/c1-28-18-15(7-10(20)8-24-18)29-27-13-5-3-11(21)16(17(13)22)9-2-4-12-14(6-9)26-19(23)25-12/h2-8,27H,1H3,(H3,23,25,26). The van der Waals surface area contributed by atoms with Gasteiger partial charge in [0.25, 0.3) is 0 Å². The molecule has 0 aliphatic heterocycles. The Morgan fingerprint density at radius 3 is 2.83 bits per heavy atom. The number of aromatic nitrogens is 3. The van der Waals surface area contributed by atoms with Crippen molar-refractivity contribution in [3.63, 3.8) is 0 Å². The third-order valence-corrected chi connectivity index (χ3v) is 5.17. The van der Waals surface area contributed by atoms with Crippen LogP contribution in [0.4, 0.5) is 20.4 Å². The van der Waals surface area contributed by atoms with Crippen molar-refractivity contribution in [2.45, 2.75) is 4.90 Å². The molecule has 0 fully saturated rings. The molecule has 0 unspecified atom stereocenters. The van der Waals surface area contributed by atoms with Crippen LogP contribution in [0.3, 0.4) is 0 Å². The van der Waals surface area contributed by atoms with E-state index in [1.165, 1.54) is 25.4 Å². The summed E-state index contributed by atoms with van der Waals surface area (Å²) in [5.74, 6) is -0.865. The normalized spacial score (nSPS) is 11.0. The largest absolute Gasteiger partial charge is 0.480 e. The predicted molar refractivity (Wildman–Crippen MR) is 111 cm³/mol. The molecule has 0 radical (unpaired) electrons. The third-order valence-electron chi connectivity index (χ3n) is 4.13. The summed E-state index contributed by atoms with van der Waals surface area (Å²) in [6, 6.07) is 8.97. The number of imidazole rings is 1. The maximum atomic E-state index is 15.1. The van der Waals surface area contributed by atoms with Crippen molar-refractivity contribution in [3.8, 4) is 17.0 Å². The van der Waals surface area contributed by atoms with E-state index >= 15 is 4.39 Å². The molecule has 148 valence electrons. The van der Waals surface area contributed by atoms with Gasteiger partial charge in [-0.3, -0.25) is 0 Å². The quantitative estimate of drug-likeness (QED) is 0.372. The third kappa shape index (κ3) is 3.79. The fraction of sp³-hybridized carbons (Fsp3) is 0.0526. The monoisotopic (exact) mass is 433 g/mol. The summed E-state index contributed by atoms with van der Waals surface area (Å²) in [7, 11) is 1.47. The first kappa shape index (κ1) is 19.3. The van der Waals surface area contributed by atoms with Gasteiger partial charge in [0.15, 0.2) is 11.8 Å². The molecule has 2 aromatic heterocycles. The van der Waals surface area contributed by atoms with Gasteiger partial charge in [0, 0.05) is 6.20 Å². The summed E-state index contributed by atoms with van der Waals surface area (Å²) in [4.78, 5) is 11.6. The molecule has 0 amide bonds. The zero-order valence-electron chi connectivity index (χ0n) is 15.0. The maximum Gasteiger partial charge on any atom is 0.228 e. The van der Waals surface area contributed by atoms with Crippen LogP contribution in [0.2, 0.25) is 5.02 Å². The van der Waals surface area contributed by atoms with Crippen LogP contribution in [-0.2, 0) is 0 Å². The number of fused-ring (bicyclic) bond motifs is 1. The van der Waals surface area contributed by atoms with Crippen molar-refractivity contribution >= 4 is 46.2 Å². The average molecular weight is 434 g/mol. The van der Waals surface area contributed by atoms with E-state index < -0.39 is 11.6 Å². The molecule has 2 aromatic carbocycles. The van der Waals surface area contributed by atoms with E-state index in [9.17, 15) is 4.39 Å². The predicted octanol–water partition coefficient (Wildman–Crippen LogP) is 5.27. The number of hydrogen-bond donors (Lipinski definition) is 3. The molecular weight excluding hydrogens is 420 g/mol. The molecule has 0 atom stereocenters. The molecule has 0 spiro atoms. The molecule has 29 heavy (non-hydrogen) atoms. The van der Waals surface area contributed by atoms with Crippen LogP contribution in [0.5, 0.6) is 5.88 Å². The van der Waals surface area contributed by atoms with Crippen LogP contribution < -0.4 is 15.2 Å². The molecule has 4 aromatic rings. The minimum absolute atomic E-state index is 0.0950. The second kappa shape index (κ2) is 7.76. The molecule has 0 bridgehead atoms. The van der Waals surface area contributed by atoms with E-state index in [0.29, 0.717) is 32.4 Å². The van der Waals surface area contributed by atoms with Crippen molar-refractivity contribution in [1.82, 2.24) is 15.0 Å². The summed E-state index contributed by atoms with van der Waals surface area (Å²) in [6.07, 6.45) is 1.44. The van der Waals surface area contributed by atoms with Crippen molar-refractivity contribution in [2.75, 3.05) is 17.6 Å². The van der Waals surface area contributed by atoms with Gasteiger partial charge in [-0.1, -0.05) is 17.7 Å². The molecule has 4 rings (SSSR count). The topological polar surface area (TPSA) is 88.8 Å². The minimum atomic E-state index is -0.738. The van der Waals surface area contributed by atoms with Crippen LogP contribution in [0, 0.1) is 11.6 Å². The van der Waals surface area contributed by atoms with E-state index in [2.05, 4.69) is 19.7 Å². The Labute approximate surface area is 173 Å². The fourth-order valence-electron chi connectivity index (χ4n) is 2.83. The first-order chi connectivity index (χ1) is 14.0. The number of nitrogens with zero attached hydrogens (tertiary/aromatic N) is 2. The van der Waals surface area contributed by atoms with Crippen molar-refractivity contribution in [3.05, 3.63) is 59.3 Å². The van der Waals surface area contributed by atoms with Crippen molar-refractivity contribution in [2.24, 2.45) is 0 Å². The van der Waals surface area contributed by atoms with Gasteiger partial charge in [-0.2, -0.15) is 0 Å². The Kier molecular flexibility index (Phi) is 5.16. The molecule has 4 N–H and O–H groups in total. The van der Waals surface area contributed by atoms with Crippen LogP contribution in [0.1, 0.15) is 0 Å². The molecule has 10 heteroatoms. The van der Waals surface area contributed by atoms with Gasteiger partial charge in [-0.15, -0.1) is 0 Å². The summed E-state index contributed by atoms with van der Waals surface area (Å²) < 4.78 is 37.7. The van der Waals surface area contributed by atoms with Gasteiger partial charge in [-0.05, 0) is 47.8 Å². The van der Waals surface area contributed by atoms with Gasteiger partial charge in [0.1, 0.15) is 5.82 Å². The molecule has 0 saturated heterocycles. The lowest BCUT2D eigenvalue weighted by Crippen LogP contribution is -1.98. The van der Waals surface area contributed by atoms with Crippen LogP contribution in [-0.4, -0.2) is 22.1 Å². The van der Waals surface area contributed by atoms with Crippen LogP contribution in [0.15, 0.2) is 47.5 Å². The highest BCUT2D eigenvalue weighted by Gasteiger charge is 2.17.